The summed E-state index contributed by atoms with van der Waals surface area (Å²) >= 11 is 0. The Labute approximate surface area is 96.8 Å². The van der Waals surface area contributed by atoms with Crippen LogP contribution in [0.4, 0.5) is 4.39 Å². The lowest BCUT2D eigenvalue weighted by molar-refractivity contribution is 0.181. The minimum absolute atomic E-state index is 0.0653. The van der Waals surface area contributed by atoms with Crippen molar-refractivity contribution in [3.05, 3.63) is 35.1 Å². The van der Waals surface area contributed by atoms with Crippen LogP contribution in [0.3, 0.4) is 0 Å². The van der Waals surface area contributed by atoms with Crippen LogP contribution in [0.25, 0.3) is 0 Å². The maximum atomic E-state index is 13.3. The molecule has 0 atom stereocenters. The average molecular weight is 225 g/mol. The van der Waals surface area contributed by atoms with Crippen LogP contribution in [0.1, 0.15) is 31.9 Å². The molecule has 0 aromatic heterocycles. The summed E-state index contributed by atoms with van der Waals surface area (Å²) in [6, 6.07) is 5.14. The van der Waals surface area contributed by atoms with Gasteiger partial charge >= 0.3 is 0 Å². The van der Waals surface area contributed by atoms with Crippen LogP contribution >= 0.6 is 0 Å². The van der Waals surface area contributed by atoms with Crippen molar-refractivity contribution in [1.29, 1.82) is 0 Å². The highest BCUT2D eigenvalue weighted by atomic mass is 19.1. The molecule has 0 spiro atoms. The molecule has 90 valence electrons. The Balaban J connectivity index is 2.71. The van der Waals surface area contributed by atoms with Gasteiger partial charge in [-0.15, -0.1) is 0 Å². The van der Waals surface area contributed by atoms with Crippen LogP contribution in [0.2, 0.25) is 0 Å². The second-order valence-electron chi connectivity index (χ2n) is 4.96. The van der Waals surface area contributed by atoms with Crippen molar-refractivity contribution in [2.75, 3.05) is 7.11 Å². The highest BCUT2D eigenvalue weighted by Crippen LogP contribution is 2.12. The summed E-state index contributed by atoms with van der Waals surface area (Å²) in [6.45, 7) is 7.36. The Kier molecular flexibility index (Phi) is 4.44. The van der Waals surface area contributed by atoms with Crippen LogP contribution in [-0.4, -0.2) is 12.6 Å². The van der Waals surface area contributed by atoms with Crippen molar-refractivity contribution in [3.8, 4) is 0 Å². The summed E-state index contributed by atoms with van der Waals surface area (Å²) in [6.07, 6.45) is 0. The molecule has 0 saturated carbocycles. The molecule has 1 aromatic rings. The fraction of sp³-hybridized carbons (Fsp3) is 0.538. The normalized spacial score (nSPS) is 11.8. The van der Waals surface area contributed by atoms with Gasteiger partial charge in [0.2, 0.25) is 0 Å². The van der Waals surface area contributed by atoms with Gasteiger partial charge in [-0.05, 0) is 38.5 Å². The molecule has 2 nitrogen and oxygen atoms in total. The zero-order chi connectivity index (χ0) is 12.2. The highest BCUT2D eigenvalue weighted by molar-refractivity contribution is 5.24. The molecular formula is C13H20FNO. The molecule has 0 heterocycles. The summed E-state index contributed by atoms with van der Waals surface area (Å²) in [4.78, 5) is 0. The van der Waals surface area contributed by atoms with Crippen molar-refractivity contribution in [3.63, 3.8) is 0 Å². The predicted octanol–water partition coefficient (Wildman–Crippen LogP) is 2.86. The van der Waals surface area contributed by atoms with E-state index in [2.05, 4.69) is 26.1 Å². The van der Waals surface area contributed by atoms with Gasteiger partial charge < -0.3 is 10.1 Å². The van der Waals surface area contributed by atoms with Gasteiger partial charge in [-0.1, -0.05) is 6.07 Å². The lowest BCUT2D eigenvalue weighted by Crippen LogP contribution is -2.35. The van der Waals surface area contributed by atoms with Crippen molar-refractivity contribution in [1.82, 2.24) is 5.32 Å². The Morgan fingerprint density at radius 2 is 2.00 bits per heavy atom. The van der Waals surface area contributed by atoms with E-state index < -0.39 is 0 Å². The molecule has 16 heavy (non-hydrogen) atoms. The van der Waals surface area contributed by atoms with Gasteiger partial charge in [0.1, 0.15) is 5.82 Å². The Morgan fingerprint density at radius 3 is 2.56 bits per heavy atom. The molecule has 0 saturated heterocycles. The summed E-state index contributed by atoms with van der Waals surface area (Å²) in [5.41, 5.74) is 1.74. The number of benzene rings is 1. The largest absolute Gasteiger partial charge is 0.380 e. The maximum absolute atomic E-state index is 13.3. The van der Waals surface area contributed by atoms with Crippen LogP contribution in [0.5, 0.6) is 0 Å². The first kappa shape index (κ1) is 13.1. The zero-order valence-corrected chi connectivity index (χ0v) is 10.4. The first-order valence-corrected chi connectivity index (χ1v) is 5.43. The number of rotatable bonds is 4. The van der Waals surface area contributed by atoms with Crippen LogP contribution in [0, 0.1) is 5.82 Å². The first-order chi connectivity index (χ1) is 7.42. The molecule has 0 radical (unpaired) electrons. The van der Waals surface area contributed by atoms with Gasteiger partial charge in [0, 0.05) is 24.8 Å². The van der Waals surface area contributed by atoms with Gasteiger partial charge in [0.15, 0.2) is 0 Å². The Hall–Kier alpha value is -0.930. The summed E-state index contributed by atoms with van der Waals surface area (Å²) < 4.78 is 18.3. The molecular weight excluding hydrogens is 205 g/mol. The minimum Gasteiger partial charge on any atom is -0.380 e. The quantitative estimate of drug-likeness (QED) is 0.850. The standard InChI is InChI=1S/C13H20FNO/c1-13(2,3)15-8-10-5-6-12(14)11(7-10)9-16-4/h5-7,15H,8-9H2,1-4H3. The van der Waals surface area contributed by atoms with Crippen LogP contribution < -0.4 is 5.32 Å². The molecule has 0 amide bonds. The van der Waals surface area contributed by atoms with E-state index in [4.69, 9.17) is 4.74 Å². The molecule has 0 aliphatic carbocycles. The summed E-state index contributed by atoms with van der Waals surface area (Å²) in [7, 11) is 1.57. The molecule has 0 bridgehead atoms. The molecule has 3 heteroatoms. The number of ether oxygens (including phenoxy) is 1. The molecule has 0 fully saturated rings. The van der Waals surface area contributed by atoms with E-state index in [-0.39, 0.29) is 11.4 Å². The Morgan fingerprint density at radius 1 is 1.31 bits per heavy atom. The van der Waals surface area contributed by atoms with Gasteiger partial charge in [0.25, 0.3) is 0 Å². The fourth-order valence-corrected chi connectivity index (χ4v) is 1.37. The monoisotopic (exact) mass is 225 g/mol. The number of nitrogens with one attached hydrogen (secondary N) is 1. The first-order valence-electron chi connectivity index (χ1n) is 5.43. The van der Waals surface area contributed by atoms with Crippen molar-refractivity contribution in [2.24, 2.45) is 0 Å². The molecule has 0 unspecified atom stereocenters. The number of hydrogen-bond donors (Lipinski definition) is 1. The number of hydrogen-bond acceptors (Lipinski definition) is 2. The van der Waals surface area contributed by atoms with Crippen LogP contribution in [-0.2, 0) is 17.9 Å². The smallest absolute Gasteiger partial charge is 0.128 e. The van der Waals surface area contributed by atoms with Crippen LogP contribution in [0.15, 0.2) is 18.2 Å². The predicted molar refractivity (Wildman–Crippen MR) is 63.7 cm³/mol. The van der Waals surface area contributed by atoms with Gasteiger partial charge in [-0.25, -0.2) is 4.39 Å². The van der Waals surface area contributed by atoms with Gasteiger partial charge in [0.05, 0.1) is 6.61 Å². The lowest BCUT2D eigenvalue weighted by atomic mass is 10.1. The molecule has 1 rings (SSSR count). The number of halogens is 1. The molecule has 1 aromatic carbocycles. The van der Waals surface area contributed by atoms with Crippen molar-refractivity contribution >= 4 is 0 Å². The van der Waals surface area contributed by atoms with E-state index in [1.807, 2.05) is 6.07 Å². The summed E-state index contributed by atoms with van der Waals surface area (Å²) in [5.74, 6) is -0.207. The summed E-state index contributed by atoms with van der Waals surface area (Å²) in [5, 5.41) is 3.36. The van der Waals surface area contributed by atoms with Crippen molar-refractivity contribution < 1.29 is 9.13 Å². The van der Waals surface area contributed by atoms with E-state index in [9.17, 15) is 4.39 Å². The topological polar surface area (TPSA) is 21.3 Å². The Bertz CT molecular complexity index is 344. The minimum atomic E-state index is -0.207. The van der Waals surface area contributed by atoms with Crippen molar-refractivity contribution in [2.45, 2.75) is 39.5 Å². The van der Waals surface area contributed by atoms with E-state index >= 15 is 0 Å². The molecule has 0 aliphatic rings. The maximum Gasteiger partial charge on any atom is 0.128 e. The van der Waals surface area contributed by atoms with E-state index in [0.717, 1.165) is 12.1 Å². The van der Waals surface area contributed by atoms with Gasteiger partial charge in [-0.3, -0.25) is 0 Å². The molecule has 0 aliphatic heterocycles. The molecule has 1 N–H and O–H groups in total. The second-order valence-corrected chi connectivity index (χ2v) is 4.96. The third kappa shape index (κ3) is 4.29. The zero-order valence-electron chi connectivity index (χ0n) is 10.4. The number of methoxy groups -OCH3 is 1. The van der Waals surface area contributed by atoms with E-state index in [0.29, 0.717) is 12.2 Å². The third-order valence-electron chi connectivity index (χ3n) is 2.23. The fourth-order valence-electron chi connectivity index (χ4n) is 1.37. The second kappa shape index (κ2) is 5.41. The van der Waals surface area contributed by atoms with E-state index in [1.165, 1.54) is 6.07 Å². The average Bonchev–Trinajstić information content (AvgIpc) is 2.18. The highest BCUT2D eigenvalue weighted by Gasteiger charge is 2.09. The van der Waals surface area contributed by atoms with E-state index in [1.54, 1.807) is 13.2 Å². The SMILES string of the molecule is COCc1cc(CNC(C)(C)C)ccc1F. The third-order valence-corrected chi connectivity index (χ3v) is 2.23. The van der Waals surface area contributed by atoms with Gasteiger partial charge in [-0.2, -0.15) is 0 Å². The lowest BCUT2D eigenvalue weighted by Gasteiger charge is -2.20.